The first-order chi connectivity index (χ1) is 8.18. The van der Waals surface area contributed by atoms with E-state index in [2.05, 4.69) is 24.1 Å². The van der Waals surface area contributed by atoms with Gasteiger partial charge in [0.1, 0.15) is 5.82 Å². The van der Waals surface area contributed by atoms with Crippen molar-refractivity contribution in [3.8, 4) is 0 Å². The van der Waals surface area contributed by atoms with E-state index in [1.807, 2.05) is 12.1 Å². The van der Waals surface area contributed by atoms with Crippen LogP contribution in [0.2, 0.25) is 0 Å². The number of rotatable bonds is 3. The number of halogens is 1. The van der Waals surface area contributed by atoms with Gasteiger partial charge in [-0.3, -0.25) is 4.90 Å². The molecule has 1 aliphatic rings. The minimum absolute atomic E-state index is 0.136. The van der Waals surface area contributed by atoms with Crippen LogP contribution in [0.25, 0.3) is 0 Å². The van der Waals surface area contributed by atoms with Crippen LogP contribution in [0, 0.1) is 11.7 Å². The van der Waals surface area contributed by atoms with Crippen molar-refractivity contribution in [3.63, 3.8) is 0 Å². The Morgan fingerprint density at radius 3 is 2.53 bits per heavy atom. The predicted octanol–water partition coefficient (Wildman–Crippen LogP) is 2.43. The van der Waals surface area contributed by atoms with Gasteiger partial charge in [0.05, 0.1) is 0 Å². The number of hydrogen-bond acceptors (Lipinski definition) is 2. The van der Waals surface area contributed by atoms with E-state index in [1.165, 1.54) is 6.07 Å². The van der Waals surface area contributed by atoms with Gasteiger partial charge in [0.25, 0.3) is 0 Å². The van der Waals surface area contributed by atoms with Gasteiger partial charge in [0.15, 0.2) is 0 Å². The summed E-state index contributed by atoms with van der Waals surface area (Å²) in [7, 11) is 0. The summed E-state index contributed by atoms with van der Waals surface area (Å²) < 4.78 is 13.3. The lowest BCUT2D eigenvalue weighted by atomic mass is 9.94. The van der Waals surface area contributed by atoms with Gasteiger partial charge in [0, 0.05) is 32.2 Å². The fourth-order valence-corrected chi connectivity index (χ4v) is 2.67. The molecule has 2 rings (SSSR count). The van der Waals surface area contributed by atoms with E-state index in [9.17, 15) is 4.39 Å². The first-order valence-electron chi connectivity index (χ1n) is 6.38. The van der Waals surface area contributed by atoms with Crippen molar-refractivity contribution in [2.24, 2.45) is 5.92 Å². The second-order valence-corrected chi connectivity index (χ2v) is 5.03. The highest BCUT2D eigenvalue weighted by Crippen LogP contribution is 2.28. The molecule has 1 fully saturated rings. The van der Waals surface area contributed by atoms with Crippen LogP contribution in [0.15, 0.2) is 24.3 Å². The quantitative estimate of drug-likeness (QED) is 0.867. The van der Waals surface area contributed by atoms with Crippen molar-refractivity contribution in [2.45, 2.75) is 19.9 Å². The maximum absolute atomic E-state index is 13.3. The number of nitrogens with one attached hydrogen (secondary N) is 1. The van der Waals surface area contributed by atoms with Crippen molar-refractivity contribution in [1.82, 2.24) is 10.2 Å². The first-order valence-corrected chi connectivity index (χ1v) is 6.38. The van der Waals surface area contributed by atoms with E-state index in [1.54, 1.807) is 6.07 Å². The predicted molar refractivity (Wildman–Crippen MR) is 68.4 cm³/mol. The Labute approximate surface area is 103 Å². The standard InChI is InChI=1S/C14H21FN2/c1-11(2)14(17-8-6-16-7-9-17)12-4-3-5-13(15)10-12/h3-5,10-11,14,16H,6-9H2,1-2H3. The molecule has 0 radical (unpaired) electrons. The summed E-state index contributed by atoms with van der Waals surface area (Å²) >= 11 is 0. The zero-order chi connectivity index (χ0) is 12.3. The molecule has 1 unspecified atom stereocenters. The third-order valence-electron chi connectivity index (χ3n) is 3.37. The van der Waals surface area contributed by atoms with Crippen molar-refractivity contribution in [2.75, 3.05) is 26.2 Å². The molecule has 94 valence electrons. The molecule has 1 heterocycles. The number of hydrogen-bond donors (Lipinski definition) is 1. The molecular weight excluding hydrogens is 215 g/mol. The van der Waals surface area contributed by atoms with Crippen molar-refractivity contribution >= 4 is 0 Å². The zero-order valence-corrected chi connectivity index (χ0v) is 10.6. The van der Waals surface area contributed by atoms with Crippen LogP contribution < -0.4 is 5.32 Å². The smallest absolute Gasteiger partial charge is 0.123 e. The molecule has 1 atom stereocenters. The topological polar surface area (TPSA) is 15.3 Å². The number of piperazine rings is 1. The lowest BCUT2D eigenvalue weighted by Crippen LogP contribution is -2.46. The fourth-order valence-electron chi connectivity index (χ4n) is 2.67. The third-order valence-corrected chi connectivity index (χ3v) is 3.37. The molecule has 0 bridgehead atoms. The summed E-state index contributed by atoms with van der Waals surface area (Å²) in [5, 5.41) is 3.36. The van der Waals surface area contributed by atoms with Gasteiger partial charge in [0.2, 0.25) is 0 Å². The Morgan fingerprint density at radius 1 is 1.24 bits per heavy atom. The second kappa shape index (κ2) is 5.61. The molecule has 1 saturated heterocycles. The Hall–Kier alpha value is -0.930. The van der Waals surface area contributed by atoms with Gasteiger partial charge < -0.3 is 5.32 Å². The minimum atomic E-state index is -0.136. The lowest BCUT2D eigenvalue weighted by molar-refractivity contribution is 0.137. The van der Waals surface area contributed by atoms with Crippen LogP contribution in [0.3, 0.4) is 0 Å². The number of benzene rings is 1. The van der Waals surface area contributed by atoms with Crippen LogP contribution in [-0.4, -0.2) is 31.1 Å². The van der Waals surface area contributed by atoms with Crippen LogP contribution in [0.5, 0.6) is 0 Å². The molecule has 0 spiro atoms. The Kier molecular flexibility index (Phi) is 4.13. The molecule has 0 amide bonds. The molecule has 1 N–H and O–H groups in total. The van der Waals surface area contributed by atoms with Gasteiger partial charge in [-0.25, -0.2) is 4.39 Å². The molecular formula is C14H21FN2. The monoisotopic (exact) mass is 236 g/mol. The highest BCUT2D eigenvalue weighted by molar-refractivity contribution is 5.21. The minimum Gasteiger partial charge on any atom is -0.314 e. The van der Waals surface area contributed by atoms with Crippen LogP contribution in [0.1, 0.15) is 25.5 Å². The van der Waals surface area contributed by atoms with E-state index in [0.717, 1.165) is 31.7 Å². The molecule has 0 aromatic heterocycles. The van der Waals surface area contributed by atoms with Crippen molar-refractivity contribution < 1.29 is 4.39 Å². The SMILES string of the molecule is CC(C)C(c1cccc(F)c1)N1CCNCC1. The normalized spacial score (nSPS) is 19.5. The zero-order valence-electron chi connectivity index (χ0n) is 10.6. The maximum Gasteiger partial charge on any atom is 0.123 e. The average Bonchev–Trinajstić information content (AvgIpc) is 2.30. The van der Waals surface area contributed by atoms with E-state index >= 15 is 0 Å². The molecule has 0 aliphatic carbocycles. The Balaban J connectivity index is 2.21. The van der Waals surface area contributed by atoms with Gasteiger partial charge in [-0.05, 0) is 23.6 Å². The molecule has 17 heavy (non-hydrogen) atoms. The molecule has 3 heteroatoms. The van der Waals surface area contributed by atoms with E-state index < -0.39 is 0 Å². The van der Waals surface area contributed by atoms with Crippen molar-refractivity contribution in [3.05, 3.63) is 35.6 Å². The van der Waals surface area contributed by atoms with Crippen molar-refractivity contribution in [1.29, 1.82) is 0 Å². The second-order valence-electron chi connectivity index (χ2n) is 5.03. The largest absolute Gasteiger partial charge is 0.314 e. The summed E-state index contributed by atoms with van der Waals surface area (Å²) in [5.41, 5.74) is 1.10. The van der Waals surface area contributed by atoms with E-state index in [-0.39, 0.29) is 5.82 Å². The average molecular weight is 236 g/mol. The van der Waals surface area contributed by atoms with Gasteiger partial charge in [-0.2, -0.15) is 0 Å². The summed E-state index contributed by atoms with van der Waals surface area (Å²) in [6.45, 7) is 8.55. The molecule has 2 nitrogen and oxygen atoms in total. The molecule has 1 aromatic carbocycles. The maximum atomic E-state index is 13.3. The Bertz CT molecular complexity index is 359. The van der Waals surface area contributed by atoms with Gasteiger partial charge in [-0.1, -0.05) is 26.0 Å². The van der Waals surface area contributed by atoms with E-state index in [4.69, 9.17) is 0 Å². The summed E-state index contributed by atoms with van der Waals surface area (Å²) in [6.07, 6.45) is 0. The van der Waals surface area contributed by atoms with Crippen LogP contribution in [0.4, 0.5) is 4.39 Å². The number of nitrogens with zero attached hydrogens (tertiary/aromatic N) is 1. The summed E-state index contributed by atoms with van der Waals surface area (Å²) in [4.78, 5) is 2.45. The van der Waals surface area contributed by atoms with Gasteiger partial charge >= 0.3 is 0 Å². The molecule has 0 saturated carbocycles. The third kappa shape index (κ3) is 3.05. The van der Waals surface area contributed by atoms with Crippen LogP contribution in [-0.2, 0) is 0 Å². The highest BCUT2D eigenvalue weighted by atomic mass is 19.1. The summed E-state index contributed by atoms with van der Waals surface area (Å²) in [6, 6.07) is 7.36. The van der Waals surface area contributed by atoms with Gasteiger partial charge in [-0.15, -0.1) is 0 Å². The highest BCUT2D eigenvalue weighted by Gasteiger charge is 2.24. The first kappa shape index (κ1) is 12.5. The Morgan fingerprint density at radius 2 is 1.94 bits per heavy atom. The molecule has 1 aliphatic heterocycles. The fraction of sp³-hybridized carbons (Fsp3) is 0.571. The summed E-state index contributed by atoms with van der Waals surface area (Å²) in [5.74, 6) is 0.359. The molecule has 1 aromatic rings. The van der Waals surface area contributed by atoms with Crippen LogP contribution >= 0.6 is 0 Å². The van der Waals surface area contributed by atoms with E-state index in [0.29, 0.717) is 12.0 Å². The lowest BCUT2D eigenvalue weighted by Gasteiger charge is -2.37.